The van der Waals surface area contributed by atoms with Crippen molar-refractivity contribution in [1.82, 2.24) is 4.90 Å². The predicted octanol–water partition coefficient (Wildman–Crippen LogP) is 4.03. The molecular weight excluding hydrogens is 394 g/mol. The van der Waals surface area contributed by atoms with Crippen molar-refractivity contribution in [2.75, 3.05) is 17.2 Å². The van der Waals surface area contributed by atoms with Gasteiger partial charge in [0.1, 0.15) is 11.4 Å². The van der Waals surface area contributed by atoms with Crippen LogP contribution in [0, 0.1) is 0 Å². The summed E-state index contributed by atoms with van der Waals surface area (Å²) in [6.45, 7) is 7.65. The summed E-state index contributed by atoms with van der Waals surface area (Å²) in [6, 6.07) is 13.9. The van der Waals surface area contributed by atoms with Crippen LogP contribution in [-0.4, -0.2) is 35.3 Å². The van der Waals surface area contributed by atoms with Crippen LogP contribution in [-0.2, 0) is 14.4 Å². The third-order valence-corrected chi connectivity index (χ3v) is 4.70. The van der Waals surface area contributed by atoms with E-state index in [0.29, 0.717) is 34.9 Å². The summed E-state index contributed by atoms with van der Waals surface area (Å²) >= 11 is 0. The van der Waals surface area contributed by atoms with Gasteiger partial charge in [0.25, 0.3) is 11.8 Å². The Hall–Kier alpha value is -3.61. The number of carbonyl (C=O) groups is 3. The second-order valence-corrected chi connectivity index (χ2v) is 7.58. The first-order chi connectivity index (χ1) is 14.8. The van der Waals surface area contributed by atoms with Crippen LogP contribution in [0.1, 0.15) is 39.7 Å². The van der Waals surface area contributed by atoms with E-state index < -0.39 is 0 Å². The van der Waals surface area contributed by atoms with Gasteiger partial charge in [-0.25, -0.2) is 0 Å². The second kappa shape index (κ2) is 9.47. The fourth-order valence-electron chi connectivity index (χ4n) is 3.35. The molecule has 0 radical (unpaired) electrons. The van der Waals surface area contributed by atoms with Gasteiger partial charge in [0.2, 0.25) is 5.91 Å². The SMILES string of the molecule is CCCOc1cccc(NC2=C(c3ccc(NC(C)=O)cc3)C(=O)N(C(C)C)C2=O)c1. The summed E-state index contributed by atoms with van der Waals surface area (Å²) in [5.41, 5.74) is 2.38. The number of anilines is 2. The van der Waals surface area contributed by atoms with Crippen molar-refractivity contribution >= 4 is 34.7 Å². The maximum atomic E-state index is 13.1. The monoisotopic (exact) mass is 421 g/mol. The number of nitrogens with one attached hydrogen (secondary N) is 2. The zero-order valence-corrected chi connectivity index (χ0v) is 18.2. The van der Waals surface area contributed by atoms with Crippen LogP contribution in [0.25, 0.3) is 5.57 Å². The summed E-state index contributed by atoms with van der Waals surface area (Å²) in [5.74, 6) is -0.224. The lowest BCUT2D eigenvalue weighted by atomic mass is 10.0. The van der Waals surface area contributed by atoms with Crippen molar-refractivity contribution in [3.05, 3.63) is 59.8 Å². The molecule has 1 aliphatic heterocycles. The van der Waals surface area contributed by atoms with Crippen molar-refractivity contribution in [2.45, 2.75) is 40.2 Å². The molecule has 7 nitrogen and oxygen atoms in total. The van der Waals surface area contributed by atoms with E-state index in [1.807, 2.05) is 25.1 Å². The van der Waals surface area contributed by atoms with E-state index in [1.54, 1.807) is 44.2 Å². The lowest BCUT2D eigenvalue weighted by Gasteiger charge is -2.19. The van der Waals surface area contributed by atoms with Crippen molar-refractivity contribution in [3.63, 3.8) is 0 Å². The first-order valence-electron chi connectivity index (χ1n) is 10.3. The van der Waals surface area contributed by atoms with Gasteiger partial charge in [0, 0.05) is 30.4 Å². The topological polar surface area (TPSA) is 87.7 Å². The van der Waals surface area contributed by atoms with Crippen LogP contribution in [0.2, 0.25) is 0 Å². The molecular formula is C24H27N3O4. The van der Waals surface area contributed by atoms with Crippen LogP contribution in [0.4, 0.5) is 11.4 Å². The summed E-state index contributed by atoms with van der Waals surface area (Å²) in [6.07, 6.45) is 0.887. The molecule has 2 N–H and O–H groups in total. The molecule has 162 valence electrons. The maximum Gasteiger partial charge on any atom is 0.278 e. The minimum atomic E-state index is -0.374. The molecule has 3 rings (SSSR count). The van der Waals surface area contributed by atoms with Gasteiger partial charge >= 0.3 is 0 Å². The molecule has 0 atom stereocenters. The van der Waals surface area contributed by atoms with Crippen LogP contribution in [0.5, 0.6) is 5.75 Å². The van der Waals surface area contributed by atoms with E-state index in [4.69, 9.17) is 4.74 Å². The van der Waals surface area contributed by atoms with E-state index in [2.05, 4.69) is 10.6 Å². The molecule has 0 aliphatic carbocycles. The number of nitrogens with zero attached hydrogens (tertiary/aromatic N) is 1. The number of ether oxygens (including phenoxy) is 1. The van der Waals surface area contributed by atoms with Crippen LogP contribution >= 0.6 is 0 Å². The normalized spacial score (nSPS) is 13.8. The van der Waals surface area contributed by atoms with E-state index >= 15 is 0 Å². The van der Waals surface area contributed by atoms with E-state index in [9.17, 15) is 14.4 Å². The first kappa shape index (κ1) is 22.1. The van der Waals surface area contributed by atoms with E-state index in [1.165, 1.54) is 11.8 Å². The molecule has 0 aromatic heterocycles. The maximum absolute atomic E-state index is 13.1. The number of carbonyl (C=O) groups excluding carboxylic acids is 3. The number of imide groups is 1. The molecule has 0 saturated carbocycles. The van der Waals surface area contributed by atoms with Crippen molar-refractivity contribution in [3.8, 4) is 5.75 Å². The molecule has 0 spiro atoms. The van der Waals surface area contributed by atoms with Crippen LogP contribution in [0.3, 0.4) is 0 Å². The second-order valence-electron chi connectivity index (χ2n) is 7.58. The fourth-order valence-corrected chi connectivity index (χ4v) is 3.35. The molecule has 2 aromatic rings. The molecule has 3 amide bonds. The zero-order chi connectivity index (χ0) is 22.5. The van der Waals surface area contributed by atoms with Gasteiger partial charge in [-0.3, -0.25) is 19.3 Å². The minimum Gasteiger partial charge on any atom is -0.494 e. The standard InChI is InChI=1S/C24H27N3O4/c1-5-13-31-20-8-6-7-19(14-20)26-22-21(23(29)27(15(2)3)24(22)30)17-9-11-18(12-10-17)25-16(4)28/h6-12,14-15,26H,5,13H2,1-4H3,(H,25,28). The van der Waals surface area contributed by atoms with E-state index in [0.717, 1.165) is 6.42 Å². The molecule has 31 heavy (non-hydrogen) atoms. The smallest absolute Gasteiger partial charge is 0.278 e. The molecule has 2 aromatic carbocycles. The van der Waals surface area contributed by atoms with Gasteiger partial charge in [-0.15, -0.1) is 0 Å². The summed E-state index contributed by atoms with van der Waals surface area (Å²) in [4.78, 5) is 38.8. The zero-order valence-electron chi connectivity index (χ0n) is 18.2. The largest absolute Gasteiger partial charge is 0.494 e. The van der Waals surface area contributed by atoms with Gasteiger partial charge in [-0.1, -0.05) is 25.1 Å². The fraction of sp³-hybridized carbons (Fsp3) is 0.292. The molecule has 0 fully saturated rings. The number of amides is 3. The molecule has 0 unspecified atom stereocenters. The Balaban J connectivity index is 1.99. The molecule has 1 heterocycles. The average molecular weight is 421 g/mol. The van der Waals surface area contributed by atoms with E-state index in [-0.39, 0.29) is 29.5 Å². The van der Waals surface area contributed by atoms with Gasteiger partial charge in [-0.05, 0) is 50.1 Å². The average Bonchev–Trinajstić information content (AvgIpc) is 2.96. The number of benzene rings is 2. The van der Waals surface area contributed by atoms with Gasteiger partial charge < -0.3 is 15.4 Å². The highest BCUT2D eigenvalue weighted by Gasteiger charge is 2.40. The number of hydrogen-bond donors (Lipinski definition) is 2. The van der Waals surface area contributed by atoms with Gasteiger partial charge in [0.05, 0.1) is 12.2 Å². The van der Waals surface area contributed by atoms with Gasteiger partial charge in [0.15, 0.2) is 0 Å². The lowest BCUT2D eigenvalue weighted by Crippen LogP contribution is -2.38. The van der Waals surface area contributed by atoms with Gasteiger partial charge in [-0.2, -0.15) is 0 Å². The lowest BCUT2D eigenvalue weighted by molar-refractivity contribution is -0.138. The Morgan fingerprint density at radius 3 is 2.35 bits per heavy atom. The molecule has 0 saturated heterocycles. The summed E-state index contributed by atoms with van der Waals surface area (Å²) < 4.78 is 5.67. The predicted molar refractivity (Wildman–Crippen MR) is 121 cm³/mol. The third kappa shape index (κ3) is 4.94. The minimum absolute atomic E-state index is 0.183. The summed E-state index contributed by atoms with van der Waals surface area (Å²) in [7, 11) is 0. The Morgan fingerprint density at radius 2 is 1.74 bits per heavy atom. The summed E-state index contributed by atoms with van der Waals surface area (Å²) in [5, 5.41) is 5.83. The Labute approximate surface area is 182 Å². The first-order valence-corrected chi connectivity index (χ1v) is 10.3. The Kier molecular flexibility index (Phi) is 6.74. The Bertz CT molecular complexity index is 1030. The Morgan fingerprint density at radius 1 is 1.03 bits per heavy atom. The van der Waals surface area contributed by atoms with Crippen LogP contribution < -0.4 is 15.4 Å². The molecule has 1 aliphatic rings. The number of hydrogen-bond acceptors (Lipinski definition) is 5. The highest BCUT2D eigenvalue weighted by molar-refractivity contribution is 6.36. The number of rotatable bonds is 8. The van der Waals surface area contributed by atoms with Crippen molar-refractivity contribution in [2.24, 2.45) is 0 Å². The highest BCUT2D eigenvalue weighted by Crippen LogP contribution is 2.32. The quantitative estimate of drug-likeness (QED) is 0.628. The van der Waals surface area contributed by atoms with Crippen molar-refractivity contribution in [1.29, 1.82) is 0 Å². The van der Waals surface area contributed by atoms with Crippen LogP contribution in [0.15, 0.2) is 54.2 Å². The molecule has 0 bridgehead atoms. The highest BCUT2D eigenvalue weighted by atomic mass is 16.5. The third-order valence-electron chi connectivity index (χ3n) is 4.70. The van der Waals surface area contributed by atoms with Crippen molar-refractivity contribution < 1.29 is 19.1 Å². The molecule has 7 heteroatoms.